The maximum Gasteiger partial charge on any atom is 0.237 e. The molecule has 2 rings (SSSR count). The Hall–Kier alpha value is -2.15. The molecule has 0 aliphatic rings. The van der Waals surface area contributed by atoms with Gasteiger partial charge in [0.05, 0.1) is 19.2 Å². The van der Waals surface area contributed by atoms with Gasteiger partial charge in [-0.2, -0.15) is 0 Å². The second kappa shape index (κ2) is 5.46. The van der Waals surface area contributed by atoms with E-state index < -0.39 is 0 Å². The number of carbonyl (C=O) groups excluding carboxylic acids is 1. The number of amides is 1. The van der Waals surface area contributed by atoms with Crippen LogP contribution in [0.1, 0.15) is 5.69 Å². The van der Waals surface area contributed by atoms with Crippen LogP contribution in [0.4, 0.5) is 10.8 Å². The van der Waals surface area contributed by atoms with Crippen molar-refractivity contribution in [3.63, 3.8) is 0 Å². The van der Waals surface area contributed by atoms with Crippen molar-refractivity contribution in [3.05, 3.63) is 29.4 Å². The van der Waals surface area contributed by atoms with Gasteiger partial charge in [-0.3, -0.25) is 4.79 Å². The lowest BCUT2D eigenvalue weighted by atomic mass is 10.3. The molecular formula is C11H12N4O2S. The third-order valence-electron chi connectivity index (χ3n) is 2.15. The van der Waals surface area contributed by atoms with E-state index in [4.69, 9.17) is 10.5 Å². The van der Waals surface area contributed by atoms with E-state index in [1.165, 1.54) is 18.4 Å². The van der Waals surface area contributed by atoms with E-state index in [-0.39, 0.29) is 12.3 Å². The number of aromatic nitrogens is 2. The van der Waals surface area contributed by atoms with E-state index in [0.717, 1.165) is 0 Å². The number of nitrogens with zero attached hydrogens (tertiary/aromatic N) is 2. The topological polar surface area (TPSA) is 90.1 Å². The van der Waals surface area contributed by atoms with Gasteiger partial charge < -0.3 is 15.8 Å². The van der Waals surface area contributed by atoms with Gasteiger partial charge in [-0.15, -0.1) is 11.3 Å². The molecule has 0 saturated heterocycles. The predicted octanol–water partition coefficient (Wildman–Crippen LogP) is 1.31. The van der Waals surface area contributed by atoms with Crippen molar-refractivity contribution < 1.29 is 9.53 Å². The number of thiazole rings is 1. The Kier molecular flexibility index (Phi) is 3.73. The van der Waals surface area contributed by atoms with Crippen LogP contribution in [0.5, 0.6) is 5.88 Å². The summed E-state index contributed by atoms with van der Waals surface area (Å²) < 4.78 is 5.04. The molecule has 1 amide bonds. The summed E-state index contributed by atoms with van der Waals surface area (Å²) in [6.07, 6.45) is 1.77. The Balaban J connectivity index is 2.03. The minimum Gasteiger partial charge on any atom is -0.480 e. The first-order valence-electron chi connectivity index (χ1n) is 5.18. The van der Waals surface area contributed by atoms with Gasteiger partial charge >= 0.3 is 0 Å². The predicted molar refractivity (Wildman–Crippen MR) is 69.6 cm³/mol. The molecule has 2 heterocycles. The minimum absolute atomic E-state index is 0.172. The Morgan fingerprint density at radius 3 is 3.11 bits per heavy atom. The van der Waals surface area contributed by atoms with Gasteiger partial charge in [0.15, 0.2) is 5.13 Å². The lowest BCUT2D eigenvalue weighted by molar-refractivity contribution is -0.115. The second-order valence-corrected chi connectivity index (χ2v) is 4.35. The summed E-state index contributed by atoms with van der Waals surface area (Å²) in [5.41, 5.74) is 6.68. The van der Waals surface area contributed by atoms with Crippen molar-refractivity contribution in [2.75, 3.05) is 18.2 Å². The number of anilines is 2. The van der Waals surface area contributed by atoms with E-state index in [0.29, 0.717) is 22.4 Å². The van der Waals surface area contributed by atoms with Crippen LogP contribution in [0.15, 0.2) is 23.7 Å². The van der Waals surface area contributed by atoms with Gasteiger partial charge in [-0.05, 0) is 12.1 Å². The number of nitrogens with two attached hydrogens (primary N) is 1. The highest BCUT2D eigenvalue weighted by atomic mass is 32.1. The first-order chi connectivity index (χ1) is 8.69. The van der Waals surface area contributed by atoms with Crippen LogP contribution in [0.25, 0.3) is 0 Å². The summed E-state index contributed by atoms with van der Waals surface area (Å²) in [6, 6.07) is 3.44. The molecule has 2 aromatic heterocycles. The smallest absolute Gasteiger partial charge is 0.237 e. The number of methoxy groups -OCH3 is 1. The molecule has 3 N–H and O–H groups in total. The molecule has 0 aliphatic heterocycles. The summed E-state index contributed by atoms with van der Waals surface area (Å²) in [5.74, 6) is 0.190. The largest absolute Gasteiger partial charge is 0.480 e. The maximum absolute atomic E-state index is 11.8. The standard InChI is InChI=1S/C11H12N4O2S/c1-17-10-8(3-2-4-13-10)15-9(16)5-7-6-18-11(12)14-7/h2-4,6H,5H2,1H3,(H2,12,14)(H,15,16). The molecular weight excluding hydrogens is 252 g/mol. The number of hydrogen-bond donors (Lipinski definition) is 2. The highest BCUT2D eigenvalue weighted by molar-refractivity contribution is 7.13. The van der Waals surface area contributed by atoms with Gasteiger partial charge in [0, 0.05) is 11.6 Å². The zero-order valence-corrected chi connectivity index (χ0v) is 10.5. The van der Waals surface area contributed by atoms with Crippen molar-refractivity contribution in [1.29, 1.82) is 0 Å². The first kappa shape index (κ1) is 12.3. The molecule has 0 spiro atoms. The van der Waals surface area contributed by atoms with E-state index in [9.17, 15) is 4.79 Å². The summed E-state index contributed by atoms with van der Waals surface area (Å²) in [6.45, 7) is 0. The zero-order valence-electron chi connectivity index (χ0n) is 9.71. The average molecular weight is 264 g/mol. The normalized spacial score (nSPS) is 10.1. The number of rotatable bonds is 4. The third kappa shape index (κ3) is 2.95. The molecule has 94 valence electrons. The molecule has 18 heavy (non-hydrogen) atoms. The maximum atomic E-state index is 11.8. The molecule has 0 unspecified atom stereocenters. The molecule has 6 nitrogen and oxygen atoms in total. The van der Waals surface area contributed by atoms with Crippen LogP contribution in [0.3, 0.4) is 0 Å². The molecule has 0 fully saturated rings. The molecule has 0 aliphatic carbocycles. The Morgan fingerprint density at radius 2 is 2.44 bits per heavy atom. The fourth-order valence-electron chi connectivity index (χ4n) is 1.41. The number of hydrogen-bond acceptors (Lipinski definition) is 6. The zero-order chi connectivity index (χ0) is 13.0. The van der Waals surface area contributed by atoms with Crippen LogP contribution in [-0.4, -0.2) is 23.0 Å². The van der Waals surface area contributed by atoms with Gasteiger partial charge in [-0.25, -0.2) is 9.97 Å². The first-order valence-corrected chi connectivity index (χ1v) is 6.05. The SMILES string of the molecule is COc1ncccc1NC(=O)Cc1csc(N)n1. The number of nitrogen functional groups attached to an aromatic ring is 1. The van der Waals surface area contributed by atoms with Gasteiger partial charge in [0.25, 0.3) is 0 Å². The number of pyridine rings is 1. The Bertz CT molecular complexity index is 555. The second-order valence-electron chi connectivity index (χ2n) is 3.46. The van der Waals surface area contributed by atoms with Crippen LogP contribution < -0.4 is 15.8 Å². The fourth-order valence-corrected chi connectivity index (χ4v) is 1.97. The Morgan fingerprint density at radius 1 is 1.61 bits per heavy atom. The van der Waals surface area contributed by atoms with Crippen molar-refractivity contribution in [2.45, 2.75) is 6.42 Å². The molecule has 2 aromatic rings. The molecule has 7 heteroatoms. The lowest BCUT2D eigenvalue weighted by Crippen LogP contribution is -2.15. The van der Waals surface area contributed by atoms with E-state index in [1.807, 2.05) is 0 Å². The quantitative estimate of drug-likeness (QED) is 0.869. The molecule has 0 saturated carbocycles. The van der Waals surface area contributed by atoms with Gasteiger partial charge in [0.2, 0.25) is 11.8 Å². The molecule has 0 bridgehead atoms. The monoisotopic (exact) mass is 264 g/mol. The summed E-state index contributed by atoms with van der Waals surface area (Å²) in [7, 11) is 1.50. The summed E-state index contributed by atoms with van der Waals surface area (Å²) >= 11 is 1.31. The van der Waals surface area contributed by atoms with E-state index in [2.05, 4.69) is 15.3 Å². The van der Waals surface area contributed by atoms with Crippen LogP contribution in [-0.2, 0) is 11.2 Å². The molecule has 0 aromatic carbocycles. The minimum atomic E-state index is -0.188. The summed E-state index contributed by atoms with van der Waals surface area (Å²) in [5, 5.41) is 4.93. The van der Waals surface area contributed by atoms with Crippen molar-refractivity contribution in [2.24, 2.45) is 0 Å². The van der Waals surface area contributed by atoms with Gasteiger partial charge in [0.1, 0.15) is 5.69 Å². The summed E-state index contributed by atoms with van der Waals surface area (Å²) in [4.78, 5) is 19.8. The molecule has 0 radical (unpaired) electrons. The van der Waals surface area contributed by atoms with Crippen LogP contribution >= 0.6 is 11.3 Å². The third-order valence-corrected chi connectivity index (χ3v) is 2.87. The highest BCUT2D eigenvalue weighted by Crippen LogP contribution is 2.20. The highest BCUT2D eigenvalue weighted by Gasteiger charge is 2.10. The van der Waals surface area contributed by atoms with Crippen LogP contribution in [0.2, 0.25) is 0 Å². The van der Waals surface area contributed by atoms with Crippen molar-refractivity contribution in [3.8, 4) is 5.88 Å². The molecule has 0 atom stereocenters. The average Bonchev–Trinajstić information content (AvgIpc) is 2.75. The fraction of sp³-hybridized carbons (Fsp3) is 0.182. The number of ether oxygens (including phenoxy) is 1. The number of carbonyl (C=O) groups is 1. The van der Waals surface area contributed by atoms with E-state index in [1.54, 1.807) is 23.7 Å². The Labute approximate surface area is 108 Å². The van der Waals surface area contributed by atoms with E-state index >= 15 is 0 Å². The van der Waals surface area contributed by atoms with Crippen molar-refractivity contribution in [1.82, 2.24) is 9.97 Å². The van der Waals surface area contributed by atoms with Crippen LogP contribution in [0, 0.1) is 0 Å². The van der Waals surface area contributed by atoms with Gasteiger partial charge in [-0.1, -0.05) is 0 Å². The lowest BCUT2D eigenvalue weighted by Gasteiger charge is -2.07. The number of nitrogens with one attached hydrogen (secondary N) is 1. The van der Waals surface area contributed by atoms with Crippen molar-refractivity contribution >= 4 is 28.1 Å².